The van der Waals surface area contributed by atoms with E-state index in [0.29, 0.717) is 0 Å². The molecule has 3 nitrogen and oxygen atoms in total. The third-order valence-corrected chi connectivity index (χ3v) is 11.0. The first kappa shape index (κ1) is 29.8. The van der Waals surface area contributed by atoms with Gasteiger partial charge in [-0.25, -0.2) is 4.98 Å². The number of nitrogens with zero attached hydrogens (tertiary/aromatic N) is 3. The van der Waals surface area contributed by atoms with Crippen LogP contribution in [0.4, 0.5) is 0 Å². The largest absolute Gasteiger partial charge is 0.309 e. The molecule has 53 heavy (non-hydrogen) atoms. The number of aromatic nitrogens is 3. The zero-order valence-electron chi connectivity index (χ0n) is 28.9. The molecule has 0 saturated heterocycles. The highest BCUT2D eigenvalue weighted by Gasteiger charge is 2.34. The van der Waals surface area contributed by atoms with Crippen LogP contribution in [0.15, 0.2) is 194 Å². The van der Waals surface area contributed by atoms with Crippen molar-refractivity contribution < 1.29 is 0 Å². The van der Waals surface area contributed by atoms with Gasteiger partial charge in [-0.2, -0.15) is 0 Å². The zero-order chi connectivity index (χ0) is 34.9. The first-order valence-corrected chi connectivity index (χ1v) is 18.3. The van der Waals surface area contributed by atoms with Crippen molar-refractivity contribution in [3.05, 3.63) is 194 Å². The van der Waals surface area contributed by atoms with E-state index in [1.54, 1.807) is 0 Å². The van der Waals surface area contributed by atoms with Gasteiger partial charge in [0.15, 0.2) is 0 Å². The summed E-state index contributed by atoms with van der Waals surface area (Å²) in [5.41, 5.74) is 18.0. The zero-order valence-corrected chi connectivity index (χ0v) is 28.9. The molecule has 1 aliphatic rings. The molecule has 11 rings (SSSR count). The molecule has 0 radical (unpaired) electrons. The molecule has 0 aliphatic carbocycles. The average molecular weight is 674 g/mol. The molecule has 7 aromatic carbocycles. The summed E-state index contributed by atoms with van der Waals surface area (Å²) in [4.78, 5) is 5.10. The number of imidazole rings is 1. The van der Waals surface area contributed by atoms with Gasteiger partial charge in [0.2, 0.25) is 6.71 Å². The summed E-state index contributed by atoms with van der Waals surface area (Å²) < 4.78 is 4.61. The van der Waals surface area contributed by atoms with Crippen LogP contribution >= 0.6 is 0 Å². The molecule has 0 saturated carbocycles. The first-order valence-electron chi connectivity index (χ1n) is 18.3. The Hall–Kier alpha value is -6.91. The normalized spacial score (nSPS) is 12.1. The number of hydrogen-bond acceptors (Lipinski definition) is 1. The van der Waals surface area contributed by atoms with E-state index in [1.165, 1.54) is 66.1 Å². The van der Waals surface area contributed by atoms with Crippen LogP contribution in [0.1, 0.15) is 0 Å². The number of benzene rings is 7. The van der Waals surface area contributed by atoms with Crippen LogP contribution in [-0.2, 0) is 0 Å². The predicted octanol–water partition coefficient (Wildman–Crippen LogP) is 9.93. The van der Waals surface area contributed by atoms with Crippen LogP contribution in [0.5, 0.6) is 0 Å². The fraction of sp³-hybridized carbons (Fsp3) is 0. The number of para-hydroxylation sites is 2. The van der Waals surface area contributed by atoms with Gasteiger partial charge in [-0.3, -0.25) is 4.40 Å². The van der Waals surface area contributed by atoms with Gasteiger partial charge in [-0.05, 0) is 70.8 Å². The number of hydrogen-bond donors (Lipinski definition) is 0. The molecule has 4 heteroatoms. The molecular formula is C49H32BN3. The predicted molar refractivity (Wildman–Crippen MR) is 222 cm³/mol. The summed E-state index contributed by atoms with van der Waals surface area (Å²) >= 11 is 0. The lowest BCUT2D eigenvalue weighted by Gasteiger charge is -2.13. The van der Waals surface area contributed by atoms with Crippen molar-refractivity contribution in [1.82, 2.24) is 14.0 Å². The average Bonchev–Trinajstić information content (AvgIpc) is 3.88. The van der Waals surface area contributed by atoms with Crippen molar-refractivity contribution in [1.29, 1.82) is 0 Å². The summed E-state index contributed by atoms with van der Waals surface area (Å²) in [5.74, 6) is 0. The minimum atomic E-state index is 0.149. The minimum absolute atomic E-state index is 0.149. The van der Waals surface area contributed by atoms with Gasteiger partial charge < -0.3 is 4.57 Å². The topological polar surface area (TPSA) is 22.2 Å². The van der Waals surface area contributed by atoms with Crippen LogP contribution in [0.25, 0.3) is 77.9 Å². The van der Waals surface area contributed by atoms with Crippen molar-refractivity contribution >= 4 is 50.6 Å². The lowest BCUT2D eigenvalue weighted by Crippen LogP contribution is -2.48. The maximum absolute atomic E-state index is 5.10. The van der Waals surface area contributed by atoms with Gasteiger partial charge in [0.25, 0.3) is 0 Å². The smallest absolute Gasteiger partial charge is 0.242 e. The molecule has 0 bridgehead atoms. The SMILES string of the molecule is c1ccc(B2c3ccc(-c4ccc(-c5nc6ccccn6c5-c5ccccc5)cc4)cc3-c3cc4c5ccccc5n(-c5ccccc5)c4cc32)cc1. The second kappa shape index (κ2) is 11.8. The molecular weight excluding hydrogens is 641 g/mol. The molecule has 10 aromatic rings. The maximum atomic E-state index is 5.10. The fourth-order valence-corrected chi connectivity index (χ4v) is 8.64. The molecule has 0 spiro atoms. The van der Waals surface area contributed by atoms with E-state index in [2.05, 4.69) is 197 Å². The summed E-state index contributed by atoms with van der Waals surface area (Å²) in [6.45, 7) is 0.149. The van der Waals surface area contributed by atoms with Crippen LogP contribution < -0.4 is 16.4 Å². The van der Waals surface area contributed by atoms with Crippen molar-refractivity contribution in [2.24, 2.45) is 0 Å². The molecule has 3 aromatic heterocycles. The highest BCUT2D eigenvalue weighted by Crippen LogP contribution is 2.38. The van der Waals surface area contributed by atoms with Gasteiger partial charge >= 0.3 is 0 Å². The van der Waals surface area contributed by atoms with E-state index in [9.17, 15) is 0 Å². The summed E-state index contributed by atoms with van der Waals surface area (Å²) in [5, 5.41) is 2.55. The van der Waals surface area contributed by atoms with Crippen molar-refractivity contribution in [3.8, 4) is 50.5 Å². The molecule has 0 unspecified atom stereocenters. The van der Waals surface area contributed by atoms with E-state index in [0.717, 1.165) is 28.2 Å². The first-order chi connectivity index (χ1) is 26.3. The monoisotopic (exact) mass is 673 g/mol. The van der Waals surface area contributed by atoms with E-state index < -0.39 is 0 Å². The second-order valence-corrected chi connectivity index (χ2v) is 14.0. The molecule has 0 fully saturated rings. The van der Waals surface area contributed by atoms with Gasteiger partial charge in [0, 0.05) is 33.8 Å². The Balaban J connectivity index is 1.07. The van der Waals surface area contributed by atoms with Crippen molar-refractivity contribution in [3.63, 3.8) is 0 Å². The quantitative estimate of drug-likeness (QED) is 0.167. The lowest BCUT2D eigenvalue weighted by molar-refractivity contribution is 1.18. The number of pyridine rings is 1. The third-order valence-electron chi connectivity index (χ3n) is 11.0. The maximum Gasteiger partial charge on any atom is 0.242 e. The van der Waals surface area contributed by atoms with Gasteiger partial charge in [-0.15, -0.1) is 0 Å². The number of rotatable bonds is 5. The van der Waals surface area contributed by atoms with Crippen molar-refractivity contribution in [2.45, 2.75) is 0 Å². The van der Waals surface area contributed by atoms with Crippen molar-refractivity contribution in [2.75, 3.05) is 0 Å². The van der Waals surface area contributed by atoms with Crippen LogP contribution in [0.2, 0.25) is 0 Å². The molecule has 246 valence electrons. The Bertz CT molecular complexity index is 2980. The van der Waals surface area contributed by atoms with Crippen LogP contribution in [0, 0.1) is 0 Å². The summed E-state index contributed by atoms with van der Waals surface area (Å²) in [6, 6.07) is 68.2. The molecule has 0 amide bonds. The molecule has 0 atom stereocenters. The Labute approximate surface area is 308 Å². The number of fused-ring (bicyclic) bond motifs is 7. The Morgan fingerprint density at radius 3 is 1.91 bits per heavy atom. The van der Waals surface area contributed by atoms with Crippen LogP contribution in [-0.4, -0.2) is 20.7 Å². The second-order valence-electron chi connectivity index (χ2n) is 14.0. The fourth-order valence-electron chi connectivity index (χ4n) is 8.64. The summed E-state index contributed by atoms with van der Waals surface area (Å²) in [6.07, 6.45) is 2.10. The minimum Gasteiger partial charge on any atom is -0.309 e. The molecule has 0 N–H and O–H groups in total. The van der Waals surface area contributed by atoms with E-state index in [-0.39, 0.29) is 6.71 Å². The highest BCUT2D eigenvalue weighted by atomic mass is 15.0. The van der Waals surface area contributed by atoms with Crippen LogP contribution in [0.3, 0.4) is 0 Å². The summed E-state index contributed by atoms with van der Waals surface area (Å²) in [7, 11) is 0. The highest BCUT2D eigenvalue weighted by molar-refractivity contribution is 6.99. The van der Waals surface area contributed by atoms with Gasteiger partial charge in [0.1, 0.15) is 5.65 Å². The Morgan fingerprint density at radius 2 is 1.09 bits per heavy atom. The van der Waals surface area contributed by atoms with E-state index in [4.69, 9.17) is 4.98 Å². The Kier molecular flexibility index (Phi) is 6.65. The molecule has 1 aliphatic heterocycles. The van der Waals surface area contributed by atoms with Gasteiger partial charge in [-0.1, -0.05) is 156 Å². The lowest BCUT2D eigenvalue weighted by atomic mass is 9.39. The van der Waals surface area contributed by atoms with Gasteiger partial charge in [0.05, 0.1) is 22.4 Å². The standard InChI is InChI=1S/C49H32BN3/c1-4-14-35(15-5-1)49-48(51-47-22-12-13-29-52(47)49)34-25-23-33(24-26-34)36-27-28-43-40(30-36)41-31-42-39-20-10-11-21-45(39)53(38-18-8-3-9-19-38)46(42)32-44(41)50(43)37-16-6-2-7-17-37/h1-32H. The third kappa shape index (κ3) is 4.66. The van der Waals surface area contributed by atoms with E-state index >= 15 is 0 Å². The van der Waals surface area contributed by atoms with E-state index in [1.807, 2.05) is 6.07 Å². The Morgan fingerprint density at radius 1 is 0.434 bits per heavy atom. The molecule has 4 heterocycles.